The van der Waals surface area contributed by atoms with Gasteiger partial charge in [0.05, 0.1) is 5.54 Å². The summed E-state index contributed by atoms with van der Waals surface area (Å²) in [5, 5.41) is 3.05. The van der Waals surface area contributed by atoms with Crippen LogP contribution in [0.5, 0.6) is 0 Å². The molecule has 0 aliphatic heterocycles. The van der Waals surface area contributed by atoms with Crippen LogP contribution in [0.15, 0.2) is 0 Å². The van der Waals surface area contributed by atoms with Crippen molar-refractivity contribution in [2.75, 3.05) is 20.3 Å². The van der Waals surface area contributed by atoms with Crippen molar-refractivity contribution in [1.29, 1.82) is 0 Å². The van der Waals surface area contributed by atoms with Crippen LogP contribution in [0.1, 0.15) is 40.0 Å². The minimum Gasteiger partial charge on any atom is -0.384 e. The molecule has 0 fully saturated rings. The van der Waals surface area contributed by atoms with Crippen LogP contribution in [0.25, 0.3) is 0 Å². The van der Waals surface area contributed by atoms with Crippen molar-refractivity contribution in [2.45, 2.75) is 45.6 Å². The van der Waals surface area contributed by atoms with Crippen molar-refractivity contribution in [3.05, 3.63) is 0 Å². The topological polar surface area (TPSA) is 64.3 Å². The summed E-state index contributed by atoms with van der Waals surface area (Å²) in [5.74, 6) is 0.313. The highest BCUT2D eigenvalue weighted by Crippen LogP contribution is 2.14. The van der Waals surface area contributed by atoms with Crippen molar-refractivity contribution in [3.8, 4) is 0 Å². The third kappa shape index (κ3) is 4.94. The number of methoxy groups -OCH3 is 1. The Balaban J connectivity index is 4.20. The Morgan fingerprint density at radius 3 is 2.38 bits per heavy atom. The minimum absolute atomic E-state index is 0.0682. The normalized spacial score (nSPS) is 13.6. The van der Waals surface area contributed by atoms with Crippen LogP contribution in [-0.4, -0.2) is 31.7 Å². The first kappa shape index (κ1) is 15.4. The molecular weight excluding hydrogens is 204 g/mol. The van der Waals surface area contributed by atoms with Gasteiger partial charge in [0.25, 0.3) is 0 Å². The number of nitrogens with one attached hydrogen (secondary N) is 1. The van der Waals surface area contributed by atoms with E-state index in [0.717, 1.165) is 12.8 Å². The summed E-state index contributed by atoms with van der Waals surface area (Å²) in [7, 11) is 1.65. The Labute approximate surface area is 98.9 Å². The SMILES string of the molecule is CCC(CC)(CN)NC(=O)CC(C)COC. The van der Waals surface area contributed by atoms with Gasteiger partial charge >= 0.3 is 0 Å². The maximum Gasteiger partial charge on any atom is 0.220 e. The summed E-state index contributed by atoms with van der Waals surface area (Å²) >= 11 is 0. The average molecular weight is 230 g/mol. The third-order valence-corrected chi connectivity index (χ3v) is 3.13. The lowest BCUT2D eigenvalue weighted by Crippen LogP contribution is -2.53. The van der Waals surface area contributed by atoms with Crippen LogP contribution in [0.2, 0.25) is 0 Å². The predicted molar refractivity (Wildman–Crippen MR) is 66.2 cm³/mol. The predicted octanol–water partition coefficient (Wildman–Crippen LogP) is 1.29. The summed E-state index contributed by atoms with van der Waals surface area (Å²) in [6.45, 7) is 7.21. The van der Waals surface area contributed by atoms with E-state index in [-0.39, 0.29) is 17.4 Å². The molecule has 0 rings (SSSR count). The number of nitrogens with two attached hydrogens (primary N) is 1. The second-order valence-corrected chi connectivity index (χ2v) is 4.50. The zero-order valence-electron chi connectivity index (χ0n) is 11.0. The Kier molecular flexibility index (Phi) is 7.34. The van der Waals surface area contributed by atoms with Crippen LogP contribution in [-0.2, 0) is 9.53 Å². The van der Waals surface area contributed by atoms with Gasteiger partial charge in [-0.15, -0.1) is 0 Å². The fraction of sp³-hybridized carbons (Fsp3) is 0.917. The molecule has 1 unspecified atom stereocenters. The smallest absolute Gasteiger partial charge is 0.220 e. The van der Waals surface area contributed by atoms with Gasteiger partial charge in [-0.2, -0.15) is 0 Å². The van der Waals surface area contributed by atoms with Crippen LogP contribution in [0.4, 0.5) is 0 Å². The maximum absolute atomic E-state index is 11.8. The van der Waals surface area contributed by atoms with Crippen LogP contribution in [0, 0.1) is 5.92 Å². The van der Waals surface area contributed by atoms with Crippen LogP contribution in [0.3, 0.4) is 0 Å². The first-order valence-electron chi connectivity index (χ1n) is 6.03. The quantitative estimate of drug-likeness (QED) is 0.660. The van der Waals surface area contributed by atoms with Crippen molar-refractivity contribution < 1.29 is 9.53 Å². The van der Waals surface area contributed by atoms with E-state index in [2.05, 4.69) is 19.2 Å². The van der Waals surface area contributed by atoms with Gasteiger partial charge in [-0.3, -0.25) is 4.79 Å². The van der Waals surface area contributed by atoms with E-state index < -0.39 is 0 Å². The zero-order chi connectivity index (χ0) is 12.6. The van der Waals surface area contributed by atoms with E-state index >= 15 is 0 Å². The molecule has 1 atom stereocenters. The molecule has 96 valence electrons. The molecule has 0 saturated heterocycles. The summed E-state index contributed by atoms with van der Waals surface area (Å²) in [6.07, 6.45) is 2.23. The highest BCUT2D eigenvalue weighted by atomic mass is 16.5. The Morgan fingerprint density at radius 1 is 1.44 bits per heavy atom. The Hall–Kier alpha value is -0.610. The fourth-order valence-electron chi connectivity index (χ4n) is 1.77. The molecule has 3 N–H and O–H groups in total. The highest BCUT2D eigenvalue weighted by molar-refractivity contribution is 5.77. The van der Waals surface area contributed by atoms with Gasteiger partial charge in [0.1, 0.15) is 0 Å². The van der Waals surface area contributed by atoms with Crippen LogP contribution >= 0.6 is 0 Å². The molecule has 1 amide bonds. The molecule has 0 aromatic rings. The van der Waals surface area contributed by atoms with E-state index in [9.17, 15) is 4.79 Å². The third-order valence-electron chi connectivity index (χ3n) is 3.13. The first-order valence-corrected chi connectivity index (χ1v) is 6.03. The van der Waals surface area contributed by atoms with Gasteiger partial charge in [0.15, 0.2) is 0 Å². The molecule has 0 aromatic carbocycles. The molecular formula is C12H26N2O2. The largest absolute Gasteiger partial charge is 0.384 e. The lowest BCUT2D eigenvalue weighted by atomic mass is 9.92. The summed E-state index contributed by atoms with van der Waals surface area (Å²) in [6, 6.07) is 0. The van der Waals surface area contributed by atoms with Gasteiger partial charge in [-0.25, -0.2) is 0 Å². The molecule has 0 spiro atoms. The van der Waals surface area contributed by atoms with Crippen molar-refractivity contribution in [1.82, 2.24) is 5.32 Å². The summed E-state index contributed by atoms with van der Waals surface area (Å²) in [4.78, 5) is 11.8. The molecule has 4 nitrogen and oxygen atoms in total. The van der Waals surface area contributed by atoms with Gasteiger partial charge < -0.3 is 15.8 Å². The Morgan fingerprint density at radius 2 is 2.00 bits per heavy atom. The molecule has 16 heavy (non-hydrogen) atoms. The van der Waals surface area contributed by atoms with Gasteiger partial charge in [-0.05, 0) is 18.8 Å². The van der Waals surface area contributed by atoms with E-state index in [4.69, 9.17) is 10.5 Å². The second-order valence-electron chi connectivity index (χ2n) is 4.50. The fourth-order valence-corrected chi connectivity index (χ4v) is 1.77. The highest BCUT2D eigenvalue weighted by Gasteiger charge is 2.26. The van der Waals surface area contributed by atoms with Gasteiger partial charge in [0, 0.05) is 26.7 Å². The minimum atomic E-state index is -0.232. The van der Waals surface area contributed by atoms with Crippen molar-refractivity contribution in [3.63, 3.8) is 0 Å². The number of hydrogen-bond donors (Lipinski definition) is 2. The number of rotatable bonds is 8. The molecule has 0 aromatic heterocycles. The molecule has 0 bridgehead atoms. The molecule has 0 saturated carbocycles. The Bertz CT molecular complexity index is 195. The van der Waals surface area contributed by atoms with E-state index in [1.54, 1.807) is 7.11 Å². The number of hydrogen-bond acceptors (Lipinski definition) is 3. The molecule has 4 heteroatoms. The van der Waals surface area contributed by atoms with Crippen molar-refractivity contribution in [2.24, 2.45) is 11.7 Å². The first-order chi connectivity index (χ1) is 7.53. The van der Waals surface area contributed by atoms with Gasteiger partial charge in [-0.1, -0.05) is 20.8 Å². The number of ether oxygens (including phenoxy) is 1. The molecule has 0 aliphatic rings. The molecule has 0 heterocycles. The number of amides is 1. The number of carbonyl (C=O) groups excluding carboxylic acids is 1. The van der Waals surface area contributed by atoms with E-state index in [1.165, 1.54) is 0 Å². The van der Waals surface area contributed by atoms with Gasteiger partial charge in [0.2, 0.25) is 5.91 Å². The van der Waals surface area contributed by atoms with E-state index in [0.29, 0.717) is 19.6 Å². The number of carbonyl (C=O) groups is 1. The lowest BCUT2D eigenvalue weighted by molar-refractivity contribution is -0.124. The molecule has 0 radical (unpaired) electrons. The zero-order valence-corrected chi connectivity index (χ0v) is 11.0. The van der Waals surface area contributed by atoms with E-state index in [1.807, 2.05) is 6.92 Å². The summed E-state index contributed by atoms with van der Waals surface area (Å²) < 4.78 is 5.01. The summed E-state index contributed by atoms with van der Waals surface area (Å²) in [5.41, 5.74) is 5.49. The molecule has 0 aliphatic carbocycles. The average Bonchev–Trinajstić information content (AvgIpc) is 2.26. The second kappa shape index (κ2) is 7.63. The maximum atomic E-state index is 11.8. The standard InChI is InChI=1S/C12H26N2O2/c1-5-12(6-2,9-13)14-11(15)7-10(3)8-16-4/h10H,5-9,13H2,1-4H3,(H,14,15). The lowest BCUT2D eigenvalue weighted by Gasteiger charge is -2.31. The van der Waals surface area contributed by atoms with Crippen molar-refractivity contribution >= 4 is 5.91 Å². The van der Waals surface area contributed by atoms with Crippen LogP contribution < -0.4 is 11.1 Å². The monoisotopic (exact) mass is 230 g/mol.